The summed E-state index contributed by atoms with van der Waals surface area (Å²) in [4.78, 5) is 12.6. The van der Waals surface area contributed by atoms with Gasteiger partial charge in [0.05, 0.1) is 11.2 Å². The predicted octanol–water partition coefficient (Wildman–Crippen LogP) is 3.12. The van der Waals surface area contributed by atoms with Crippen LogP contribution < -0.4 is 0 Å². The summed E-state index contributed by atoms with van der Waals surface area (Å²) in [7, 11) is 0. The fourth-order valence-electron chi connectivity index (χ4n) is 2.38. The van der Waals surface area contributed by atoms with Crippen molar-refractivity contribution in [2.45, 2.75) is 65.0 Å². The number of rotatable bonds is 4. The highest BCUT2D eigenvalue weighted by molar-refractivity contribution is 5.88. The molecule has 1 aliphatic carbocycles. The van der Waals surface area contributed by atoms with Gasteiger partial charge in [-0.05, 0) is 46.6 Å². The first-order valence-corrected chi connectivity index (χ1v) is 7.87. The molecule has 7 nitrogen and oxygen atoms in total. The zero-order chi connectivity index (χ0) is 16.8. The summed E-state index contributed by atoms with van der Waals surface area (Å²) in [6, 6.07) is 1.84. The molecule has 0 amide bonds. The first-order valence-electron chi connectivity index (χ1n) is 7.87. The molecule has 0 bridgehead atoms. The molecule has 7 heteroatoms. The zero-order valence-electron chi connectivity index (χ0n) is 14.2. The molecule has 0 saturated heterocycles. The third-order valence-corrected chi connectivity index (χ3v) is 3.74. The minimum Gasteiger partial charge on any atom is -0.448 e. The molecule has 124 valence electrons. The normalized spacial score (nSPS) is 16.4. The second-order valence-corrected chi connectivity index (χ2v) is 7.02. The van der Waals surface area contributed by atoms with E-state index < -0.39 is 12.1 Å². The molecule has 0 spiro atoms. The summed E-state index contributed by atoms with van der Waals surface area (Å²) in [5.41, 5.74) is 1.13. The Labute approximate surface area is 135 Å². The fourth-order valence-corrected chi connectivity index (χ4v) is 2.38. The Hall–Kier alpha value is -2.18. The van der Waals surface area contributed by atoms with Gasteiger partial charge in [-0.25, -0.2) is 4.79 Å². The lowest BCUT2D eigenvalue weighted by Gasteiger charge is -2.22. The molecule has 2 aromatic rings. The number of aromatic nitrogens is 4. The van der Waals surface area contributed by atoms with E-state index in [1.165, 1.54) is 0 Å². The topological polar surface area (TPSA) is 83.0 Å². The smallest absolute Gasteiger partial charge is 0.357 e. The molecule has 1 saturated carbocycles. The quantitative estimate of drug-likeness (QED) is 0.805. The maximum Gasteiger partial charge on any atom is 0.357 e. The van der Waals surface area contributed by atoms with Gasteiger partial charge in [0.25, 0.3) is 5.89 Å². The lowest BCUT2D eigenvalue weighted by Crippen LogP contribution is -2.28. The van der Waals surface area contributed by atoms with E-state index >= 15 is 0 Å². The minimum atomic E-state index is -0.601. The summed E-state index contributed by atoms with van der Waals surface area (Å²) in [6.45, 7) is 9.45. The van der Waals surface area contributed by atoms with Gasteiger partial charge in [0, 0.05) is 12.8 Å². The summed E-state index contributed by atoms with van der Waals surface area (Å²) in [6.07, 6.45) is 1.66. The van der Waals surface area contributed by atoms with Crippen molar-refractivity contribution in [3.05, 3.63) is 29.2 Å². The largest absolute Gasteiger partial charge is 0.448 e. The van der Waals surface area contributed by atoms with Crippen molar-refractivity contribution in [2.24, 2.45) is 0 Å². The molecule has 2 aromatic heterocycles. The number of aryl methyl sites for hydroxylation is 1. The van der Waals surface area contributed by atoms with Crippen molar-refractivity contribution in [3.8, 4) is 0 Å². The molecule has 23 heavy (non-hydrogen) atoms. The Morgan fingerprint density at radius 2 is 2.09 bits per heavy atom. The van der Waals surface area contributed by atoms with Crippen LogP contribution in [0.25, 0.3) is 0 Å². The number of hydrogen-bond acceptors (Lipinski definition) is 6. The highest BCUT2D eigenvalue weighted by Gasteiger charge is 2.32. The Bertz CT molecular complexity index is 722. The Balaban J connectivity index is 1.83. The maximum absolute atomic E-state index is 12.6. The Morgan fingerprint density at radius 1 is 1.39 bits per heavy atom. The van der Waals surface area contributed by atoms with Crippen LogP contribution in [0.15, 0.2) is 10.5 Å². The molecular weight excluding hydrogens is 296 g/mol. The average molecular weight is 318 g/mol. The predicted molar refractivity (Wildman–Crippen MR) is 82.1 cm³/mol. The van der Waals surface area contributed by atoms with Crippen LogP contribution in [0.3, 0.4) is 0 Å². The van der Waals surface area contributed by atoms with Crippen LogP contribution in [-0.2, 0) is 10.3 Å². The molecule has 2 heterocycles. The number of ether oxygens (including phenoxy) is 1. The second kappa shape index (κ2) is 5.47. The van der Waals surface area contributed by atoms with Crippen LogP contribution in [0.4, 0.5) is 0 Å². The van der Waals surface area contributed by atoms with Crippen LogP contribution in [0, 0.1) is 6.92 Å². The van der Waals surface area contributed by atoms with Crippen LogP contribution >= 0.6 is 0 Å². The van der Waals surface area contributed by atoms with Gasteiger partial charge in [-0.2, -0.15) is 5.10 Å². The van der Waals surface area contributed by atoms with E-state index in [4.69, 9.17) is 9.15 Å². The number of esters is 1. The van der Waals surface area contributed by atoms with Crippen LogP contribution in [0.1, 0.15) is 80.5 Å². The number of hydrogen-bond donors (Lipinski definition) is 0. The Kier molecular flexibility index (Phi) is 3.74. The van der Waals surface area contributed by atoms with Crippen molar-refractivity contribution < 1.29 is 13.9 Å². The van der Waals surface area contributed by atoms with Gasteiger partial charge in [-0.15, -0.1) is 10.2 Å². The van der Waals surface area contributed by atoms with E-state index in [0.717, 1.165) is 18.5 Å². The van der Waals surface area contributed by atoms with Crippen molar-refractivity contribution in [3.63, 3.8) is 0 Å². The van der Waals surface area contributed by atoms with E-state index in [0.29, 0.717) is 23.4 Å². The van der Waals surface area contributed by atoms with Crippen LogP contribution in [-0.4, -0.2) is 25.9 Å². The molecule has 0 N–H and O–H groups in total. The Morgan fingerprint density at radius 3 is 2.61 bits per heavy atom. The van der Waals surface area contributed by atoms with Crippen molar-refractivity contribution >= 4 is 5.97 Å². The standard InChI is InChI=1S/C16H22N4O3/c1-9(14-18-17-10(2)23-14)22-15(21)13-8-12(11-6-7-11)19-20(13)16(3,4)5/h8-9,11H,6-7H2,1-5H3. The van der Waals surface area contributed by atoms with Gasteiger partial charge < -0.3 is 9.15 Å². The van der Waals surface area contributed by atoms with Crippen LogP contribution in [0.2, 0.25) is 0 Å². The highest BCUT2D eigenvalue weighted by Crippen LogP contribution is 2.40. The molecule has 1 fully saturated rings. The van der Waals surface area contributed by atoms with Crippen molar-refractivity contribution in [1.29, 1.82) is 0 Å². The zero-order valence-corrected chi connectivity index (χ0v) is 14.2. The third kappa shape index (κ3) is 3.28. The molecule has 1 unspecified atom stereocenters. The lowest BCUT2D eigenvalue weighted by atomic mass is 10.1. The van der Waals surface area contributed by atoms with Crippen molar-refractivity contribution in [2.75, 3.05) is 0 Å². The lowest BCUT2D eigenvalue weighted by molar-refractivity contribution is 0.0255. The number of carbonyl (C=O) groups excluding carboxylic acids is 1. The van der Waals surface area contributed by atoms with Gasteiger partial charge >= 0.3 is 5.97 Å². The van der Waals surface area contributed by atoms with Gasteiger partial charge in [0.2, 0.25) is 5.89 Å². The first kappa shape index (κ1) is 15.7. The van der Waals surface area contributed by atoms with E-state index in [-0.39, 0.29) is 5.54 Å². The highest BCUT2D eigenvalue weighted by atomic mass is 16.6. The first-order chi connectivity index (χ1) is 10.8. The molecule has 1 aliphatic rings. The minimum absolute atomic E-state index is 0.292. The summed E-state index contributed by atoms with van der Waals surface area (Å²) in [5, 5.41) is 12.3. The van der Waals surface area contributed by atoms with Gasteiger partial charge in [0.1, 0.15) is 5.69 Å². The van der Waals surface area contributed by atoms with E-state index in [9.17, 15) is 4.79 Å². The number of carbonyl (C=O) groups is 1. The van der Waals surface area contributed by atoms with Gasteiger partial charge in [0.15, 0.2) is 6.10 Å². The third-order valence-electron chi connectivity index (χ3n) is 3.74. The van der Waals surface area contributed by atoms with Crippen LogP contribution in [0.5, 0.6) is 0 Å². The molecule has 0 aliphatic heterocycles. The fraction of sp³-hybridized carbons (Fsp3) is 0.625. The van der Waals surface area contributed by atoms with Gasteiger partial charge in [-0.1, -0.05) is 0 Å². The van der Waals surface area contributed by atoms with E-state index in [1.807, 2.05) is 26.8 Å². The SMILES string of the molecule is Cc1nnc(C(C)OC(=O)c2cc(C3CC3)nn2C(C)(C)C)o1. The average Bonchev–Trinajstić information content (AvgIpc) is 3.04. The monoisotopic (exact) mass is 318 g/mol. The molecule has 3 rings (SSSR count). The molecule has 1 atom stereocenters. The molecular formula is C16H22N4O3. The maximum atomic E-state index is 12.6. The summed E-state index contributed by atoms with van der Waals surface area (Å²) < 4.78 is 12.5. The van der Waals surface area contributed by atoms with E-state index in [2.05, 4.69) is 15.3 Å². The second-order valence-electron chi connectivity index (χ2n) is 7.02. The van der Waals surface area contributed by atoms with E-state index in [1.54, 1.807) is 18.5 Å². The number of nitrogens with zero attached hydrogens (tertiary/aromatic N) is 4. The van der Waals surface area contributed by atoms with Gasteiger partial charge in [-0.3, -0.25) is 4.68 Å². The molecule has 0 aromatic carbocycles. The molecule has 0 radical (unpaired) electrons. The summed E-state index contributed by atoms with van der Waals surface area (Å²) >= 11 is 0. The summed E-state index contributed by atoms with van der Waals surface area (Å²) in [5.74, 6) is 0.780. The van der Waals surface area contributed by atoms with Crippen molar-refractivity contribution in [1.82, 2.24) is 20.0 Å².